The molecule has 21 heavy (non-hydrogen) atoms. The number of rotatable bonds is 6. The summed E-state index contributed by atoms with van der Waals surface area (Å²) in [4.78, 5) is 2.69. The molecule has 1 aliphatic heterocycles. The van der Waals surface area contributed by atoms with Gasteiger partial charge in [0.15, 0.2) is 0 Å². The van der Waals surface area contributed by atoms with Crippen molar-refractivity contribution in [2.24, 2.45) is 0 Å². The van der Waals surface area contributed by atoms with Gasteiger partial charge in [-0.05, 0) is 37.0 Å². The molecule has 0 bridgehead atoms. The van der Waals surface area contributed by atoms with Crippen molar-refractivity contribution in [2.45, 2.75) is 58.2 Å². The first-order valence-electron chi connectivity index (χ1n) is 8.28. The van der Waals surface area contributed by atoms with Crippen LogP contribution in [0.2, 0.25) is 0 Å². The van der Waals surface area contributed by atoms with E-state index in [2.05, 4.69) is 49.2 Å². The zero-order valence-electron chi connectivity index (χ0n) is 14.0. The van der Waals surface area contributed by atoms with E-state index < -0.39 is 0 Å². The maximum Gasteiger partial charge on any atom is 0.119 e. The molecule has 0 aromatic heterocycles. The number of piperazine rings is 1. The van der Waals surface area contributed by atoms with Crippen LogP contribution in [-0.4, -0.2) is 36.7 Å². The number of nitrogens with one attached hydrogen (secondary N) is 1. The lowest BCUT2D eigenvalue weighted by atomic mass is 9.86. The van der Waals surface area contributed by atoms with Crippen LogP contribution in [-0.2, 0) is 6.54 Å². The number of hydrogen-bond donors (Lipinski definition) is 1. The van der Waals surface area contributed by atoms with Gasteiger partial charge in [0, 0.05) is 31.2 Å². The minimum atomic E-state index is 0.286. The normalized spacial score (nSPS) is 22.2. The number of nitrogens with zero attached hydrogens (tertiary/aromatic N) is 1. The number of methoxy groups -OCH3 is 1. The van der Waals surface area contributed by atoms with Gasteiger partial charge in [-0.3, -0.25) is 4.90 Å². The third-order valence-electron chi connectivity index (χ3n) is 5.15. The zero-order chi connectivity index (χ0) is 15.3. The molecule has 1 saturated heterocycles. The predicted octanol–water partition coefficient (Wildman–Crippen LogP) is 3.44. The molecule has 2 rings (SSSR count). The second-order valence-corrected chi connectivity index (χ2v) is 6.15. The lowest BCUT2D eigenvalue weighted by Crippen LogP contribution is -2.63. The largest absolute Gasteiger partial charge is 0.497 e. The summed E-state index contributed by atoms with van der Waals surface area (Å²) in [5, 5.41) is 3.73. The Kier molecular flexibility index (Phi) is 5.65. The van der Waals surface area contributed by atoms with E-state index in [4.69, 9.17) is 4.74 Å². The van der Waals surface area contributed by atoms with Gasteiger partial charge in [0.1, 0.15) is 5.75 Å². The molecule has 3 nitrogen and oxygen atoms in total. The standard InChI is InChI=1S/C18H30N2O/c1-5-16-13-20(18(6-2,7-3)14-19-16)12-15-9-8-10-17(11-15)21-4/h8-11,16,19H,5-7,12-14H2,1-4H3. The summed E-state index contributed by atoms with van der Waals surface area (Å²) >= 11 is 0. The molecule has 1 aromatic rings. The van der Waals surface area contributed by atoms with Gasteiger partial charge in [0.2, 0.25) is 0 Å². The van der Waals surface area contributed by atoms with E-state index in [-0.39, 0.29) is 5.54 Å². The van der Waals surface area contributed by atoms with Crippen molar-refractivity contribution < 1.29 is 4.74 Å². The average Bonchev–Trinajstić information content (AvgIpc) is 2.55. The van der Waals surface area contributed by atoms with Gasteiger partial charge in [-0.15, -0.1) is 0 Å². The first-order chi connectivity index (χ1) is 10.2. The Balaban J connectivity index is 2.18. The van der Waals surface area contributed by atoms with Gasteiger partial charge in [0.25, 0.3) is 0 Å². The molecule has 3 heteroatoms. The molecule has 1 atom stereocenters. The van der Waals surface area contributed by atoms with Crippen LogP contribution in [0.3, 0.4) is 0 Å². The highest BCUT2D eigenvalue weighted by Crippen LogP contribution is 2.29. The highest BCUT2D eigenvalue weighted by atomic mass is 16.5. The smallest absolute Gasteiger partial charge is 0.119 e. The fourth-order valence-corrected chi connectivity index (χ4v) is 3.41. The number of hydrogen-bond acceptors (Lipinski definition) is 3. The summed E-state index contributed by atoms with van der Waals surface area (Å²) in [5.74, 6) is 0.952. The second-order valence-electron chi connectivity index (χ2n) is 6.15. The van der Waals surface area contributed by atoms with Crippen LogP contribution in [0.5, 0.6) is 5.75 Å². The Morgan fingerprint density at radius 2 is 2.05 bits per heavy atom. The molecule has 1 heterocycles. The second kappa shape index (κ2) is 7.28. The van der Waals surface area contributed by atoms with Gasteiger partial charge in [-0.2, -0.15) is 0 Å². The van der Waals surface area contributed by atoms with Gasteiger partial charge >= 0.3 is 0 Å². The summed E-state index contributed by atoms with van der Waals surface area (Å²) in [5.41, 5.74) is 1.63. The minimum absolute atomic E-state index is 0.286. The van der Waals surface area contributed by atoms with Crippen LogP contribution >= 0.6 is 0 Å². The van der Waals surface area contributed by atoms with Crippen LogP contribution in [0.15, 0.2) is 24.3 Å². The van der Waals surface area contributed by atoms with E-state index in [9.17, 15) is 0 Å². The Hall–Kier alpha value is -1.06. The van der Waals surface area contributed by atoms with Crippen molar-refractivity contribution in [3.05, 3.63) is 29.8 Å². The Morgan fingerprint density at radius 1 is 1.29 bits per heavy atom. The molecule has 118 valence electrons. The van der Waals surface area contributed by atoms with E-state index in [0.29, 0.717) is 6.04 Å². The average molecular weight is 290 g/mol. The maximum absolute atomic E-state index is 5.36. The summed E-state index contributed by atoms with van der Waals surface area (Å²) in [6.07, 6.45) is 3.58. The Morgan fingerprint density at radius 3 is 2.67 bits per heavy atom. The van der Waals surface area contributed by atoms with Crippen molar-refractivity contribution in [2.75, 3.05) is 20.2 Å². The quantitative estimate of drug-likeness (QED) is 0.868. The monoisotopic (exact) mass is 290 g/mol. The maximum atomic E-state index is 5.36. The molecule has 0 aliphatic carbocycles. The first-order valence-corrected chi connectivity index (χ1v) is 8.28. The molecule has 0 spiro atoms. The van der Waals surface area contributed by atoms with Gasteiger partial charge < -0.3 is 10.1 Å². The first kappa shape index (κ1) is 16.3. The van der Waals surface area contributed by atoms with Crippen molar-refractivity contribution in [3.8, 4) is 5.75 Å². The van der Waals surface area contributed by atoms with E-state index in [1.165, 1.54) is 24.8 Å². The third kappa shape index (κ3) is 3.58. The van der Waals surface area contributed by atoms with Crippen LogP contribution in [0, 0.1) is 0 Å². The third-order valence-corrected chi connectivity index (χ3v) is 5.15. The van der Waals surface area contributed by atoms with E-state index >= 15 is 0 Å². The van der Waals surface area contributed by atoms with Crippen molar-refractivity contribution in [1.82, 2.24) is 10.2 Å². The van der Waals surface area contributed by atoms with Gasteiger partial charge in [-0.25, -0.2) is 0 Å². The fourth-order valence-electron chi connectivity index (χ4n) is 3.41. The molecule has 0 amide bonds. The zero-order valence-corrected chi connectivity index (χ0v) is 14.0. The molecule has 1 fully saturated rings. The minimum Gasteiger partial charge on any atom is -0.497 e. The van der Waals surface area contributed by atoms with Crippen LogP contribution in [0.1, 0.15) is 45.6 Å². The Bertz CT molecular complexity index is 443. The topological polar surface area (TPSA) is 24.5 Å². The molecular weight excluding hydrogens is 260 g/mol. The predicted molar refractivity (Wildman–Crippen MR) is 88.8 cm³/mol. The van der Waals surface area contributed by atoms with Crippen LogP contribution in [0.4, 0.5) is 0 Å². The van der Waals surface area contributed by atoms with Crippen molar-refractivity contribution in [3.63, 3.8) is 0 Å². The SMILES string of the molecule is CCC1CN(Cc2cccc(OC)c2)C(CC)(CC)CN1. The summed E-state index contributed by atoms with van der Waals surface area (Å²) in [6.45, 7) is 10.1. The van der Waals surface area contributed by atoms with Crippen molar-refractivity contribution in [1.29, 1.82) is 0 Å². The summed E-state index contributed by atoms with van der Waals surface area (Å²) in [7, 11) is 1.74. The molecule has 1 aliphatic rings. The molecule has 1 N–H and O–H groups in total. The number of ether oxygens (including phenoxy) is 1. The van der Waals surface area contributed by atoms with E-state index in [0.717, 1.165) is 25.4 Å². The van der Waals surface area contributed by atoms with E-state index in [1.807, 2.05) is 6.07 Å². The van der Waals surface area contributed by atoms with Gasteiger partial charge in [0.05, 0.1) is 7.11 Å². The summed E-state index contributed by atoms with van der Waals surface area (Å²) < 4.78 is 5.36. The van der Waals surface area contributed by atoms with Crippen molar-refractivity contribution >= 4 is 0 Å². The van der Waals surface area contributed by atoms with Crippen LogP contribution in [0.25, 0.3) is 0 Å². The Labute approximate surface area is 129 Å². The number of benzene rings is 1. The van der Waals surface area contributed by atoms with Crippen LogP contribution < -0.4 is 10.1 Å². The molecular formula is C18H30N2O. The van der Waals surface area contributed by atoms with E-state index in [1.54, 1.807) is 7.11 Å². The highest BCUT2D eigenvalue weighted by Gasteiger charge is 2.38. The molecule has 1 aromatic carbocycles. The lowest BCUT2D eigenvalue weighted by molar-refractivity contribution is 0.0237. The summed E-state index contributed by atoms with van der Waals surface area (Å²) in [6, 6.07) is 9.10. The molecule has 1 unspecified atom stereocenters. The van der Waals surface area contributed by atoms with Gasteiger partial charge in [-0.1, -0.05) is 32.9 Å². The fraction of sp³-hybridized carbons (Fsp3) is 0.667. The molecule has 0 saturated carbocycles. The molecule has 0 radical (unpaired) electrons. The lowest BCUT2D eigenvalue weighted by Gasteiger charge is -2.49. The highest BCUT2D eigenvalue weighted by molar-refractivity contribution is 5.28.